The summed E-state index contributed by atoms with van der Waals surface area (Å²) in [6.07, 6.45) is 1.20. The minimum Gasteiger partial charge on any atom is -0.322 e. The molecule has 3 nitrogen and oxygen atoms in total. The zero-order chi connectivity index (χ0) is 12.4. The number of fused-ring (bicyclic) bond motifs is 1. The highest BCUT2D eigenvalue weighted by Crippen LogP contribution is 2.17. The lowest BCUT2D eigenvalue weighted by Gasteiger charge is -2.10. The molecule has 0 saturated carbocycles. The van der Waals surface area contributed by atoms with Crippen LogP contribution in [-0.4, -0.2) is 22.5 Å². The van der Waals surface area contributed by atoms with E-state index in [1.165, 1.54) is 12.2 Å². The predicted octanol–water partition coefficient (Wildman–Crippen LogP) is 2.12. The molecule has 18 heavy (non-hydrogen) atoms. The third-order valence-electron chi connectivity index (χ3n) is 3.34. The average Bonchev–Trinajstić information content (AvgIpc) is 2.89. The van der Waals surface area contributed by atoms with Crippen molar-refractivity contribution in [1.29, 1.82) is 0 Å². The van der Waals surface area contributed by atoms with Gasteiger partial charge < -0.3 is 10.3 Å². The van der Waals surface area contributed by atoms with Crippen molar-refractivity contribution in [2.75, 3.05) is 11.5 Å². The molecule has 1 aliphatic rings. The summed E-state index contributed by atoms with van der Waals surface area (Å²) in [5, 5.41) is 4.55. The second-order valence-electron chi connectivity index (χ2n) is 4.65. The van der Waals surface area contributed by atoms with E-state index in [-0.39, 0.29) is 5.56 Å². The van der Waals surface area contributed by atoms with E-state index in [9.17, 15) is 4.79 Å². The third kappa shape index (κ3) is 2.44. The first-order valence-corrected chi connectivity index (χ1v) is 7.40. The second-order valence-corrected chi connectivity index (χ2v) is 5.80. The molecule has 1 unspecified atom stereocenters. The van der Waals surface area contributed by atoms with Gasteiger partial charge in [0.25, 0.3) is 5.56 Å². The van der Waals surface area contributed by atoms with Crippen molar-refractivity contribution in [3.63, 3.8) is 0 Å². The number of rotatable bonds is 3. The molecule has 1 aromatic carbocycles. The number of para-hydroxylation sites is 1. The van der Waals surface area contributed by atoms with Crippen molar-refractivity contribution < 1.29 is 0 Å². The van der Waals surface area contributed by atoms with Gasteiger partial charge in [0.1, 0.15) is 0 Å². The van der Waals surface area contributed by atoms with E-state index in [0.717, 1.165) is 22.2 Å². The Morgan fingerprint density at radius 2 is 2.28 bits per heavy atom. The predicted molar refractivity (Wildman–Crippen MR) is 77.1 cm³/mol. The molecule has 1 aromatic heterocycles. The summed E-state index contributed by atoms with van der Waals surface area (Å²) in [5.74, 6) is 2.39. The fraction of sp³-hybridized carbons (Fsp3) is 0.357. The molecular formula is C14H16N2OS. The van der Waals surface area contributed by atoms with Gasteiger partial charge in [-0.3, -0.25) is 4.79 Å². The van der Waals surface area contributed by atoms with Gasteiger partial charge in [0.2, 0.25) is 0 Å². The van der Waals surface area contributed by atoms with Gasteiger partial charge in [0, 0.05) is 29.4 Å². The van der Waals surface area contributed by atoms with Gasteiger partial charge in [0.05, 0.1) is 0 Å². The quantitative estimate of drug-likeness (QED) is 0.888. The fourth-order valence-electron chi connectivity index (χ4n) is 2.27. The molecule has 2 aromatic rings. The minimum absolute atomic E-state index is 0.0202. The van der Waals surface area contributed by atoms with Gasteiger partial charge in [-0.05, 0) is 29.7 Å². The molecule has 1 atom stereocenters. The fourth-order valence-corrected chi connectivity index (χ4v) is 3.46. The summed E-state index contributed by atoms with van der Waals surface area (Å²) in [7, 11) is 0. The van der Waals surface area contributed by atoms with Crippen molar-refractivity contribution in [3.8, 4) is 0 Å². The number of aromatic amines is 1. The summed E-state index contributed by atoms with van der Waals surface area (Å²) in [4.78, 5) is 14.9. The number of aromatic nitrogens is 1. The molecule has 0 aliphatic carbocycles. The Kier molecular flexibility index (Phi) is 3.39. The summed E-state index contributed by atoms with van der Waals surface area (Å²) < 4.78 is 0. The molecule has 94 valence electrons. The van der Waals surface area contributed by atoms with Crippen LogP contribution in [0.5, 0.6) is 0 Å². The number of nitrogens with one attached hydrogen (secondary N) is 2. The Morgan fingerprint density at radius 1 is 1.39 bits per heavy atom. The van der Waals surface area contributed by atoms with Crippen molar-refractivity contribution in [2.45, 2.75) is 19.0 Å². The summed E-state index contributed by atoms with van der Waals surface area (Å²) in [5.41, 5.74) is 1.75. The molecule has 0 spiro atoms. The Hall–Kier alpha value is -1.26. The molecule has 1 fully saturated rings. The number of hydrogen-bond acceptors (Lipinski definition) is 3. The van der Waals surface area contributed by atoms with Crippen LogP contribution in [0.4, 0.5) is 0 Å². The van der Waals surface area contributed by atoms with Crippen LogP contribution in [-0.2, 0) is 6.54 Å². The average molecular weight is 260 g/mol. The van der Waals surface area contributed by atoms with Gasteiger partial charge in [0.15, 0.2) is 0 Å². The van der Waals surface area contributed by atoms with Crippen LogP contribution in [0, 0.1) is 0 Å². The second kappa shape index (κ2) is 5.16. The van der Waals surface area contributed by atoms with E-state index in [1.807, 2.05) is 42.1 Å². The van der Waals surface area contributed by atoms with Crippen LogP contribution in [0.25, 0.3) is 10.9 Å². The van der Waals surface area contributed by atoms with Crippen molar-refractivity contribution in [3.05, 3.63) is 46.2 Å². The summed E-state index contributed by atoms with van der Waals surface area (Å²) in [6, 6.07) is 10.4. The monoisotopic (exact) mass is 260 g/mol. The molecule has 0 radical (unpaired) electrons. The standard InChI is InChI=1S/C14H16N2OS/c17-14-11(8-15-12-5-6-18-9-12)7-10-3-1-2-4-13(10)16-14/h1-4,7,12,15H,5-6,8-9H2,(H,16,17). The van der Waals surface area contributed by atoms with Gasteiger partial charge >= 0.3 is 0 Å². The topological polar surface area (TPSA) is 44.9 Å². The summed E-state index contributed by atoms with van der Waals surface area (Å²) >= 11 is 1.98. The Balaban J connectivity index is 1.82. The first-order valence-electron chi connectivity index (χ1n) is 6.25. The van der Waals surface area contributed by atoms with Crippen LogP contribution >= 0.6 is 11.8 Å². The molecule has 1 aliphatic heterocycles. The van der Waals surface area contributed by atoms with E-state index >= 15 is 0 Å². The highest BCUT2D eigenvalue weighted by molar-refractivity contribution is 7.99. The number of pyridine rings is 1. The molecule has 1 saturated heterocycles. The number of H-pyrrole nitrogens is 1. The molecular weight excluding hydrogens is 244 g/mol. The van der Waals surface area contributed by atoms with Gasteiger partial charge in [-0.1, -0.05) is 18.2 Å². The van der Waals surface area contributed by atoms with Crippen molar-refractivity contribution >= 4 is 22.7 Å². The van der Waals surface area contributed by atoms with E-state index in [1.54, 1.807) is 0 Å². The van der Waals surface area contributed by atoms with E-state index in [0.29, 0.717) is 12.6 Å². The lowest BCUT2D eigenvalue weighted by atomic mass is 10.1. The normalized spacial score (nSPS) is 19.4. The Labute approximate surface area is 110 Å². The van der Waals surface area contributed by atoms with Gasteiger partial charge in [-0.25, -0.2) is 0 Å². The number of thioether (sulfide) groups is 1. The van der Waals surface area contributed by atoms with Crippen LogP contribution in [0.2, 0.25) is 0 Å². The van der Waals surface area contributed by atoms with Crippen LogP contribution in [0.1, 0.15) is 12.0 Å². The third-order valence-corrected chi connectivity index (χ3v) is 4.50. The maximum Gasteiger partial charge on any atom is 0.252 e. The van der Waals surface area contributed by atoms with E-state index in [2.05, 4.69) is 10.3 Å². The molecule has 2 N–H and O–H groups in total. The highest BCUT2D eigenvalue weighted by atomic mass is 32.2. The van der Waals surface area contributed by atoms with E-state index in [4.69, 9.17) is 0 Å². The largest absolute Gasteiger partial charge is 0.322 e. The van der Waals surface area contributed by atoms with Crippen LogP contribution < -0.4 is 10.9 Å². The zero-order valence-electron chi connectivity index (χ0n) is 10.1. The van der Waals surface area contributed by atoms with Crippen LogP contribution in [0.15, 0.2) is 35.1 Å². The van der Waals surface area contributed by atoms with E-state index < -0.39 is 0 Å². The van der Waals surface area contributed by atoms with Crippen LogP contribution in [0.3, 0.4) is 0 Å². The molecule has 2 heterocycles. The Bertz CT molecular complexity index is 602. The molecule has 0 bridgehead atoms. The van der Waals surface area contributed by atoms with Gasteiger partial charge in [-0.2, -0.15) is 11.8 Å². The highest BCUT2D eigenvalue weighted by Gasteiger charge is 2.15. The lowest BCUT2D eigenvalue weighted by Crippen LogP contribution is -2.30. The lowest BCUT2D eigenvalue weighted by molar-refractivity contribution is 0.556. The van der Waals surface area contributed by atoms with Gasteiger partial charge in [-0.15, -0.1) is 0 Å². The van der Waals surface area contributed by atoms with Crippen molar-refractivity contribution in [2.24, 2.45) is 0 Å². The number of benzene rings is 1. The van der Waals surface area contributed by atoms with Crippen molar-refractivity contribution in [1.82, 2.24) is 10.3 Å². The first kappa shape index (κ1) is 11.8. The smallest absolute Gasteiger partial charge is 0.252 e. The Morgan fingerprint density at radius 3 is 3.11 bits per heavy atom. The summed E-state index contributed by atoms with van der Waals surface area (Å²) in [6.45, 7) is 0.658. The first-order chi connectivity index (χ1) is 8.83. The molecule has 0 amide bonds. The molecule has 4 heteroatoms. The minimum atomic E-state index is 0.0202. The molecule has 3 rings (SSSR count). The number of hydrogen-bond donors (Lipinski definition) is 2. The maximum atomic E-state index is 11.9. The maximum absolute atomic E-state index is 11.9. The SMILES string of the molecule is O=c1[nH]c2ccccc2cc1CNC1CCSC1. The zero-order valence-corrected chi connectivity index (χ0v) is 10.9.